The summed E-state index contributed by atoms with van der Waals surface area (Å²) in [6, 6.07) is 16.5. The molecule has 0 amide bonds. The standard InChI is InChI=1S/C27H40O4.H4O5P2/c1-4-5-6-7-8-12-19-27(31,24-13-10-9-11-14-24)26(20-28,21-29)25(3,30)23-17-15-22(2)16-18-23;1-6(2)5-7(3)4/h9-11,13-18,28-31H,4-8,12,19-21H2,1-3H3;1-4H. The van der Waals surface area contributed by atoms with Gasteiger partial charge in [0, 0.05) is 0 Å². The summed E-state index contributed by atoms with van der Waals surface area (Å²) in [5.41, 5.74) is -2.69. The first-order valence-electron chi connectivity index (χ1n) is 12.7. The molecule has 0 fully saturated rings. The molecule has 0 aliphatic heterocycles. The number of rotatable bonds is 15. The summed E-state index contributed by atoms with van der Waals surface area (Å²) in [5, 5.41) is 45.2. The van der Waals surface area contributed by atoms with Crippen molar-refractivity contribution in [2.75, 3.05) is 13.2 Å². The zero-order valence-electron chi connectivity index (χ0n) is 22.4. The second-order valence-corrected chi connectivity index (χ2v) is 11.3. The van der Waals surface area contributed by atoms with E-state index >= 15 is 0 Å². The molecule has 2 rings (SSSR count). The van der Waals surface area contributed by atoms with Crippen LogP contribution in [-0.2, 0) is 15.5 Å². The van der Waals surface area contributed by atoms with Crippen molar-refractivity contribution in [3.8, 4) is 0 Å². The molecule has 2 unspecified atom stereocenters. The monoisotopic (exact) mass is 574 g/mol. The smallest absolute Gasteiger partial charge is 0.334 e. The van der Waals surface area contributed by atoms with Crippen LogP contribution in [0.3, 0.4) is 0 Å². The molecule has 38 heavy (non-hydrogen) atoms. The predicted octanol–water partition coefficient (Wildman–Crippen LogP) is 4.24. The van der Waals surface area contributed by atoms with Gasteiger partial charge in [-0.2, -0.15) is 0 Å². The Morgan fingerprint density at radius 3 is 1.66 bits per heavy atom. The maximum atomic E-state index is 12.2. The molecule has 2 atom stereocenters. The number of unbranched alkanes of at least 4 members (excludes halogenated alkanes) is 5. The van der Waals surface area contributed by atoms with E-state index in [0.29, 0.717) is 17.5 Å². The zero-order chi connectivity index (χ0) is 28.8. The van der Waals surface area contributed by atoms with Gasteiger partial charge >= 0.3 is 17.2 Å². The molecule has 0 spiro atoms. The van der Waals surface area contributed by atoms with Crippen molar-refractivity contribution in [2.45, 2.75) is 76.9 Å². The highest BCUT2D eigenvalue weighted by Gasteiger charge is 2.61. The summed E-state index contributed by atoms with van der Waals surface area (Å²) in [6.07, 6.45) is 6.64. The fourth-order valence-electron chi connectivity index (χ4n) is 4.78. The highest BCUT2D eigenvalue weighted by Crippen LogP contribution is 2.54. The molecule has 11 heteroatoms. The molecule has 9 nitrogen and oxygen atoms in total. The Bertz CT molecular complexity index is 885. The van der Waals surface area contributed by atoms with E-state index in [0.717, 1.165) is 31.2 Å². The molecule has 0 saturated carbocycles. The Morgan fingerprint density at radius 1 is 0.711 bits per heavy atom. The highest BCUT2D eigenvalue weighted by molar-refractivity contribution is 7.53. The molecular formula is C27H44O9P2. The van der Waals surface area contributed by atoms with Crippen LogP contribution in [0.4, 0.5) is 0 Å². The Labute approximate surface area is 228 Å². The second-order valence-electron chi connectivity index (χ2n) is 9.67. The summed E-state index contributed by atoms with van der Waals surface area (Å²) < 4.78 is 3.60. The molecule has 0 heterocycles. The molecule has 0 radical (unpaired) electrons. The van der Waals surface area contributed by atoms with Crippen molar-refractivity contribution in [1.29, 1.82) is 0 Å². The van der Waals surface area contributed by atoms with Gasteiger partial charge in [0.2, 0.25) is 0 Å². The van der Waals surface area contributed by atoms with E-state index in [-0.39, 0.29) is 0 Å². The maximum absolute atomic E-state index is 12.2. The molecular weight excluding hydrogens is 530 g/mol. The van der Waals surface area contributed by atoms with Crippen molar-refractivity contribution < 1.29 is 44.3 Å². The summed E-state index contributed by atoms with van der Waals surface area (Å²) in [6.45, 7) is 4.59. The van der Waals surface area contributed by atoms with Crippen LogP contribution in [0.1, 0.15) is 75.5 Å². The van der Waals surface area contributed by atoms with Gasteiger partial charge < -0.3 is 40.0 Å². The minimum absolute atomic E-state index is 0.340. The van der Waals surface area contributed by atoms with Gasteiger partial charge in [0.1, 0.15) is 5.60 Å². The van der Waals surface area contributed by atoms with Gasteiger partial charge in [-0.15, -0.1) is 0 Å². The van der Waals surface area contributed by atoms with E-state index in [9.17, 15) is 20.4 Å². The van der Waals surface area contributed by atoms with E-state index in [1.54, 1.807) is 19.1 Å². The van der Waals surface area contributed by atoms with E-state index < -0.39 is 47.0 Å². The van der Waals surface area contributed by atoms with Crippen molar-refractivity contribution in [2.24, 2.45) is 5.41 Å². The lowest BCUT2D eigenvalue weighted by Crippen LogP contribution is -2.62. The third-order valence-corrected chi connectivity index (χ3v) is 8.34. The largest absolute Gasteiger partial charge is 0.395 e. The van der Waals surface area contributed by atoms with Gasteiger partial charge in [-0.05, 0) is 31.4 Å². The van der Waals surface area contributed by atoms with E-state index in [1.165, 1.54) is 12.8 Å². The molecule has 216 valence electrons. The van der Waals surface area contributed by atoms with Crippen LogP contribution in [-0.4, -0.2) is 53.2 Å². The van der Waals surface area contributed by atoms with Gasteiger partial charge in [-0.1, -0.05) is 106 Å². The zero-order valence-corrected chi connectivity index (χ0v) is 24.2. The van der Waals surface area contributed by atoms with Crippen LogP contribution in [0.15, 0.2) is 54.6 Å². The summed E-state index contributed by atoms with van der Waals surface area (Å²) in [4.78, 5) is 31.3. The predicted molar refractivity (Wildman–Crippen MR) is 149 cm³/mol. The van der Waals surface area contributed by atoms with Gasteiger partial charge in [0.05, 0.1) is 24.2 Å². The fraction of sp³-hybridized carbons (Fsp3) is 0.556. The average Bonchev–Trinajstić information content (AvgIpc) is 2.87. The highest BCUT2D eigenvalue weighted by atomic mass is 31.2. The first-order chi connectivity index (χ1) is 17.9. The number of benzene rings is 2. The van der Waals surface area contributed by atoms with Gasteiger partial charge in [-0.25, -0.2) is 4.31 Å². The average molecular weight is 575 g/mol. The van der Waals surface area contributed by atoms with Crippen molar-refractivity contribution in [1.82, 2.24) is 0 Å². The molecule has 0 aliphatic carbocycles. The SMILES string of the molecule is CCCCCCCCC(O)(c1ccccc1)C(CO)(CO)C(C)(O)c1ccc(C)cc1.OP(O)OP(O)O. The third-order valence-electron chi connectivity index (χ3n) is 7.17. The van der Waals surface area contributed by atoms with Crippen molar-refractivity contribution in [3.05, 3.63) is 71.3 Å². The van der Waals surface area contributed by atoms with Crippen LogP contribution in [0.2, 0.25) is 0 Å². The Morgan fingerprint density at radius 2 is 1.21 bits per heavy atom. The van der Waals surface area contributed by atoms with Gasteiger partial charge in [0.25, 0.3) is 0 Å². The molecule has 2 aromatic rings. The first kappa shape index (κ1) is 35.0. The normalized spacial score (nSPS) is 15.1. The maximum Gasteiger partial charge on any atom is 0.334 e. The summed E-state index contributed by atoms with van der Waals surface area (Å²) in [7, 11) is -5.22. The van der Waals surface area contributed by atoms with Crippen LogP contribution in [0.25, 0.3) is 0 Å². The Balaban J connectivity index is 0.000000905. The van der Waals surface area contributed by atoms with E-state index in [1.807, 2.05) is 49.4 Å². The Kier molecular flexibility index (Phi) is 15.6. The number of hydrogen-bond acceptors (Lipinski definition) is 9. The minimum atomic E-state index is -2.61. The van der Waals surface area contributed by atoms with Crippen LogP contribution in [0.5, 0.6) is 0 Å². The van der Waals surface area contributed by atoms with Gasteiger partial charge in [-0.3, -0.25) is 0 Å². The molecule has 2 aromatic carbocycles. The van der Waals surface area contributed by atoms with Crippen LogP contribution >= 0.6 is 17.2 Å². The molecule has 0 aliphatic rings. The lowest BCUT2D eigenvalue weighted by atomic mass is 9.57. The lowest BCUT2D eigenvalue weighted by Gasteiger charge is -2.53. The number of aliphatic hydroxyl groups is 4. The minimum Gasteiger partial charge on any atom is -0.395 e. The fourth-order valence-corrected chi connectivity index (χ4v) is 5.30. The summed E-state index contributed by atoms with van der Waals surface area (Å²) in [5.74, 6) is 0. The second kappa shape index (κ2) is 16.9. The van der Waals surface area contributed by atoms with Crippen LogP contribution in [0, 0.1) is 12.3 Å². The topological polar surface area (TPSA) is 171 Å². The molecule has 8 N–H and O–H groups in total. The van der Waals surface area contributed by atoms with E-state index in [2.05, 4.69) is 11.2 Å². The number of aliphatic hydroxyl groups excluding tert-OH is 2. The molecule has 0 bridgehead atoms. The van der Waals surface area contributed by atoms with Crippen molar-refractivity contribution in [3.63, 3.8) is 0 Å². The van der Waals surface area contributed by atoms with Crippen LogP contribution < -0.4 is 0 Å². The summed E-state index contributed by atoms with van der Waals surface area (Å²) >= 11 is 0. The third kappa shape index (κ3) is 9.26. The first-order valence-corrected chi connectivity index (χ1v) is 15.1. The number of aryl methyl sites for hydroxylation is 1. The van der Waals surface area contributed by atoms with Crippen molar-refractivity contribution >= 4 is 17.2 Å². The van der Waals surface area contributed by atoms with Gasteiger partial charge in [0.15, 0.2) is 0 Å². The molecule has 0 saturated heterocycles. The number of hydrogen-bond donors (Lipinski definition) is 8. The molecule has 0 aromatic heterocycles. The lowest BCUT2D eigenvalue weighted by molar-refractivity contribution is -0.238. The quantitative estimate of drug-likeness (QED) is 0.114. The Hall–Kier alpha value is -1.06. The van der Waals surface area contributed by atoms with E-state index in [4.69, 9.17) is 19.6 Å².